The number of aliphatic hydroxyl groups excluding tert-OH is 1. The number of likely N-dealkylation sites (tertiary alicyclic amines) is 1. The van der Waals surface area contributed by atoms with Gasteiger partial charge in [-0.2, -0.15) is 0 Å². The van der Waals surface area contributed by atoms with Crippen LogP contribution in [-0.4, -0.2) is 51.7 Å². The summed E-state index contributed by atoms with van der Waals surface area (Å²) in [6.45, 7) is 1.32. The number of carbonyl (C=O) groups excluding carboxylic acids is 1. The first-order valence-electron chi connectivity index (χ1n) is 6.57. The van der Waals surface area contributed by atoms with Gasteiger partial charge in [-0.3, -0.25) is 9.80 Å². The smallest absolute Gasteiger partial charge is 0.323 e. The molecule has 0 spiro atoms. The second-order valence-electron chi connectivity index (χ2n) is 5.19. The molecule has 0 radical (unpaired) electrons. The summed E-state index contributed by atoms with van der Waals surface area (Å²) < 4.78 is 0. The van der Waals surface area contributed by atoms with Crippen LogP contribution in [0.15, 0.2) is 11.6 Å². The molecule has 18 heavy (non-hydrogen) atoms. The summed E-state index contributed by atoms with van der Waals surface area (Å²) in [6, 6.07) is 0.341. The van der Waals surface area contributed by atoms with Gasteiger partial charge in [0.15, 0.2) is 0 Å². The van der Waals surface area contributed by atoms with Crippen molar-refractivity contribution in [2.24, 2.45) is 0 Å². The van der Waals surface area contributed by atoms with Crippen LogP contribution in [0.5, 0.6) is 0 Å². The van der Waals surface area contributed by atoms with Crippen molar-refractivity contribution in [1.29, 1.82) is 0 Å². The summed E-state index contributed by atoms with van der Waals surface area (Å²) in [6.07, 6.45) is 6.25. The Hall–Kier alpha value is -0.720. The van der Waals surface area contributed by atoms with E-state index < -0.39 is 0 Å². The minimum atomic E-state index is -0.231. The molecule has 2 amide bonds. The van der Waals surface area contributed by atoms with Crippen LogP contribution in [0.3, 0.4) is 0 Å². The molecule has 1 atom stereocenters. The number of thioether (sulfide) groups is 1. The quantitative estimate of drug-likeness (QED) is 0.789. The number of hydrogen-bond donors (Lipinski definition) is 2. The number of nitrogens with one attached hydrogen (secondary N) is 1. The van der Waals surface area contributed by atoms with Gasteiger partial charge >= 0.3 is 6.03 Å². The van der Waals surface area contributed by atoms with Crippen LogP contribution in [0.2, 0.25) is 0 Å². The van der Waals surface area contributed by atoms with E-state index in [4.69, 9.17) is 0 Å². The monoisotopic (exact) mass is 269 g/mol. The number of hydrogen-bond acceptors (Lipinski definition) is 4. The molecule has 0 aromatic heterocycles. The Kier molecular flexibility index (Phi) is 3.50. The molecule has 3 aliphatic rings. The van der Waals surface area contributed by atoms with E-state index in [1.54, 1.807) is 16.7 Å². The number of urea groups is 1. The summed E-state index contributed by atoms with van der Waals surface area (Å²) in [5.41, 5.74) is 0.0230. The molecule has 0 aromatic carbocycles. The van der Waals surface area contributed by atoms with Gasteiger partial charge in [-0.15, -0.1) is 0 Å². The lowest BCUT2D eigenvalue weighted by Crippen LogP contribution is -2.59. The highest BCUT2D eigenvalue weighted by molar-refractivity contribution is 8.02. The van der Waals surface area contributed by atoms with Crippen LogP contribution in [0, 0.1) is 0 Å². The average molecular weight is 269 g/mol. The summed E-state index contributed by atoms with van der Waals surface area (Å²) in [5, 5.41) is 14.4. The van der Waals surface area contributed by atoms with E-state index in [2.05, 4.69) is 10.2 Å². The van der Waals surface area contributed by atoms with Crippen molar-refractivity contribution in [1.82, 2.24) is 15.1 Å². The predicted octanol–water partition coefficient (Wildman–Crippen LogP) is 1.12. The maximum Gasteiger partial charge on any atom is 0.323 e. The molecular weight excluding hydrogens is 250 g/mol. The lowest BCUT2D eigenvalue weighted by atomic mass is 10.2. The van der Waals surface area contributed by atoms with Crippen molar-refractivity contribution >= 4 is 17.8 Å². The third-order valence-electron chi connectivity index (χ3n) is 3.78. The Morgan fingerprint density at radius 3 is 2.72 bits per heavy atom. The molecule has 100 valence electrons. The van der Waals surface area contributed by atoms with Gasteiger partial charge in [0, 0.05) is 25.3 Å². The second-order valence-corrected chi connectivity index (χ2v) is 6.16. The molecule has 1 saturated carbocycles. The Labute approximate surface area is 111 Å². The number of β-amino-alcohol motifs (C(OH)–C–C–N with tert-alkyl or cyclic N) is 1. The van der Waals surface area contributed by atoms with Crippen LogP contribution in [0.1, 0.15) is 25.7 Å². The van der Waals surface area contributed by atoms with Gasteiger partial charge in [0.2, 0.25) is 0 Å². The van der Waals surface area contributed by atoms with Gasteiger partial charge in [0.05, 0.1) is 6.10 Å². The van der Waals surface area contributed by atoms with Crippen molar-refractivity contribution in [2.45, 2.75) is 43.3 Å². The molecular formula is C12H19N3O2S. The zero-order valence-electron chi connectivity index (χ0n) is 10.3. The second kappa shape index (κ2) is 5.11. The summed E-state index contributed by atoms with van der Waals surface area (Å²) in [4.78, 5) is 16.1. The molecule has 2 fully saturated rings. The zero-order valence-corrected chi connectivity index (χ0v) is 11.1. The van der Waals surface area contributed by atoms with Crippen LogP contribution in [0.25, 0.3) is 0 Å². The van der Waals surface area contributed by atoms with E-state index >= 15 is 0 Å². The average Bonchev–Trinajstić information content (AvgIpc) is 2.94. The zero-order chi connectivity index (χ0) is 12.5. The Balaban J connectivity index is 1.56. The van der Waals surface area contributed by atoms with Crippen LogP contribution >= 0.6 is 11.8 Å². The molecule has 3 rings (SSSR count). The van der Waals surface area contributed by atoms with Crippen molar-refractivity contribution in [3.8, 4) is 0 Å². The molecule has 5 nitrogen and oxygen atoms in total. The summed E-state index contributed by atoms with van der Waals surface area (Å²) in [7, 11) is 0. The van der Waals surface area contributed by atoms with Crippen LogP contribution in [0.4, 0.5) is 4.79 Å². The minimum Gasteiger partial charge on any atom is -0.390 e. The first-order valence-corrected chi connectivity index (χ1v) is 7.51. The van der Waals surface area contributed by atoms with Crippen molar-refractivity contribution in [3.05, 3.63) is 11.6 Å². The highest BCUT2D eigenvalue weighted by atomic mass is 32.2. The van der Waals surface area contributed by atoms with Gasteiger partial charge in [-0.05, 0) is 18.2 Å². The first-order chi connectivity index (χ1) is 8.74. The molecule has 0 bridgehead atoms. The third kappa shape index (κ3) is 2.37. The number of rotatable bonds is 2. The SMILES string of the molecule is O=C(NC1CCCC1)N1C=CSC1N1CC(O)C1. The maximum absolute atomic E-state index is 12.2. The third-order valence-corrected chi connectivity index (χ3v) is 4.83. The van der Waals surface area contributed by atoms with Gasteiger partial charge in [0.1, 0.15) is 5.50 Å². The molecule has 0 aromatic rings. The van der Waals surface area contributed by atoms with E-state index in [1.165, 1.54) is 12.8 Å². The van der Waals surface area contributed by atoms with E-state index in [9.17, 15) is 9.90 Å². The van der Waals surface area contributed by atoms with Crippen molar-refractivity contribution < 1.29 is 9.90 Å². The fraction of sp³-hybridized carbons (Fsp3) is 0.750. The van der Waals surface area contributed by atoms with Gasteiger partial charge in [-0.25, -0.2) is 4.79 Å². The maximum atomic E-state index is 12.2. The fourth-order valence-corrected chi connectivity index (χ4v) is 3.71. The van der Waals surface area contributed by atoms with E-state index in [1.807, 2.05) is 11.6 Å². The molecule has 1 unspecified atom stereocenters. The Morgan fingerprint density at radius 1 is 1.33 bits per heavy atom. The molecule has 2 aliphatic heterocycles. The highest BCUT2D eigenvalue weighted by Crippen LogP contribution is 2.31. The first kappa shape index (κ1) is 12.3. The van der Waals surface area contributed by atoms with Gasteiger partial charge in [0.25, 0.3) is 0 Å². The minimum absolute atomic E-state index is 0.00506. The van der Waals surface area contributed by atoms with Crippen molar-refractivity contribution in [3.63, 3.8) is 0 Å². The Morgan fingerprint density at radius 2 is 2.06 bits per heavy atom. The highest BCUT2D eigenvalue weighted by Gasteiger charge is 2.38. The molecule has 1 saturated heterocycles. The molecule has 1 aliphatic carbocycles. The Bertz CT molecular complexity index is 351. The fourth-order valence-electron chi connectivity index (χ4n) is 2.73. The van der Waals surface area contributed by atoms with Crippen LogP contribution < -0.4 is 5.32 Å². The number of amides is 2. The van der Waals surface area contributed by atoms with E-state index in [0.29, 0.717) is 19.1 Å². The molecule has 2 heterocycles. The number of nitrogens with zero attached hydrogens (tertiary/aromatic N) is 2. The largest absolute Gasteiger partial charge is 0.390 e. The van der Waals surface area contributed by atoms with Gasteiger partial charge < -0.3 is 10.4 Å². The summed E-state index contributed by atoms with van der Waals surface area (Å²) in [5.74, 6) is 0. The topological polar surface area (TPSA) is 55.8 Å². The normalized spacial score (nSPS) is 29.8. The van der Waals surface area contributed by atoms with Crippen molar-refractivity contribution in [2.75, 3.05) is 13.1 Å². The lowest BCUT2D eigenvalue weighted by molar-refractivity contribution is -0.0249. The number of carbonyl (C=O) groups is 1. The molecule has 2 N–H and O–H groups in total. The van der Waals surface area contributed by atoms with Gasteiger partial charge in [-0.1, -0.05) is 24.6 Å². The predicted molar refractivity (Wildman–Crippen MR) is 70.7 cm³/mol. The standard InChI is InChI=1S/C12H19N3O2S/c16-10-7-14(8-10)12-15(5-6-18-12)11(17)13-9-3-1-2-4-9/h5-6,9-10,12,16H,1-4,7-8H2,(H,13,17). The summed E-state index contributed by atoms with van der Waals surface area (Å²) >= 11 is 1.62. The number of aliphatic hydroxyl groups is 1. The lowest BCUT2D eigenvalue weighted by Gasteiger charge is -2.42. The van der Waals surface area contributed by atoms with Crippen LogP contribution in [-0.2, 0) is 0 Å². The molecule has 6 heteroatoms. The van der Waals surface area contributed by atoms with E-state index in [0.717, 1.165) is 12.8 Å². The van der Waals surface area contributed by atoms with E-state index in [-0.39, 0.29) is 17.6 Å².